The maximum atomic E-state index is 13.3. The number of likely N-dealkylation sites (tertiary alicyclic amines) is 1. The Balaban J connectivity index is 1.34. The maximum absolute atomic E-state index is 13.3. The van der Waals surface area contributed by atoms with E-state index in [0.29, 0.717) is 23.8 Å². The standard InChI is InChI=1S/C25H28F3NO4/c1-15(22-10-19(25(26,27)28)7-8-21(22)17-5-6-17)29-12-16(13-29)14-33-20-4-2-3-18(9-20)23(30)11-24(31)32/h2-4,7-10,15-17,23,30H,5-6,11-14H2,1H3,(H,31,32)/t15?,23-/m1/s1. The van der Waals surface area contributed by atoms with Crippen molar-refractivity contribution in [2.24, 2.45) is 5.92 Å². The van der Waals surface area contributed by atoms with E-state index in [2.05, 4.69) is 4.90 Å². The average molecular weight is 463 g/mol. The van der Waals surface area contributed by atoms with Crippen molar-refractivity contribution in [3.05, 3.63) is 64.7 Å². The number of hydrogen-bond donors (Lipinski definition) is 2. The Morgan fingerprint density at radius 3 is 2.55 bits per heavy atom. The fraction of sp³-hybridized carbons (Fsp3) is 0.480. The van der Waals surface area contributed by atoms with Gasteiger partial charge in [-0.2, -0.15) is 13.2 Å². The SMILES string of the molecule is CC(c1cc(C(F)(F)F)ccc1C1CC1)N1CC(COc2cccc([C@H](O)CC(=O)O)c2)C1. The van der Waals surface area contributed by atoms with E-state index in [1.165, 1.54) is 12.1 Å². The van der Waals surface area contributed by atoms with E-state index >= 15 is 0 Å². The molecule has 2 N–H and O–H groups in total. The number of aliphatic hydroxyl groups is 1. The van der Waals surface area contributed by atoms with Gasteiger partial charge in [-0.3, -0.25) is 9.69 Å². The van der Waals surface area contributed by atoms with E-state index < -0.39 is 23.8 Å². The molecule has 33 heavy (non-hydrogen) atoms. The van der Waals surface area contributed by atoms with E-state index in [1.807, 2.05) is 6.92 Å². The summed E-state index contributed by atoms with van der Waals surface area (Å²) in [7, 11) is 0. The van der Waals surface area contributed by atoms with Crippen molar-refractivity contribution in [2.45, 2.75) is 50.4 Å². The van der Waals surface area contributed by atoms with Crippen molar-refractivity contribution in [1.82, 2.24) is 4.90 Å². The highest BCUT2D eigenvalue weighted by molar-refractivity contribution is 5.67. The van der Waals surface area contributed by atoms with E-state index in [0.717, 1.165) is 37.1 Å². The first-order chi connectivity index (χ1) is 15.6. The predicted molar refractivity (Wildman–Crippen MR) is 116 cm³/mol. The van der Waals surface area contributed by atoms with Crippen LogP contribution in [-0.2, 0) is 11.0 Å². The Labute approximate surface area is 190 Å². The highest BCUT2D eigenvalue weighted by atomic mass is 19.4. The van der Waals surface area contributed by atoms with Gasteiger partial charge in [-0.1, -0.05) is 18.2 Å². The summed E-state index contributed by atoms with van der Waals surface area (Å²) >= 11 is 0. The lowest BCUT2D eigenvalue weighted by atomic mass is 9.90. The number of hydrogen-bond acceptors (Lipinski definition) is 4. The monoisotopic (exact) mass is 463 g/mol. The van der Waals surface area contributed by atoms with Gasteiger partial charge in [0.15, 0.2) is 0 Å². The summed E-state index contributed by atoms with van der Waals surface area (Å²) in [5, 5.41) is 18.8. The van der Waals surface area contributed by atoms with Crippen LogP contribution in [0.1, 0.15) is 66.5 Å². The lowest BCUT2D eigenvalue weighted by molar-refractivity contribution is -0.139. The van der Waals surface area contributed by atoms with Gasteiger partial charge in [0, 0.05) is 25.0 Å². The number of aliphatic hydroxyl groups excluding tert-OH is 1. The van der Waals surface area contributed by atoms with E-state index in [1.54, 1.807) is 30.3 Å². The minimum absolute atomic E-state index is 0.103. The van der Waals surface area contributed by atoms with Gasteiger partial charge in [-0.25, -0.2) is 0 Å². The summed E-state index contributed by atoms with van der Waals surface area (Å²) in [5.74, 6) is 0.0876. The molecule has 1 heterocycles. The molecule has 178 valence electrons. The van der Waals surface area contributed by atoms with E-state index in [4.69, 9.17) is 9.84 Å². The van der Waals surface area contributed by atoms with Gasteiger partial charge in [-0.05, 0) is 66.6 Å². The summed E-state index contributed by atoms with van der Waals surface area (Å²) in [6.45, 7) is 3.86. The molecule has 2 aliphatic rings. The molecule has 1 aliphatic carbocycles. The summed E-state index contributed by atoms with van der Waals surface area (Å²) in [6, 6.07) is 10.8. The van der Waals surface area contributed by atoms with Gasteiger partial charge in [0.05, 0.1) is 24.7 Å². The third kappa shape index (κ3) is 5.68. The number of carboxylic acid groups (broad SMARTS) is 1. The zero-order valence-electron chi connectivity index (χ0n) is 18.4. The molecule has 2 aromatic rings. The van der Waals surface area contributed by atoms with Crippen LogP contribution in [0.25, 0.3) is 0 Å². The zero-order valence-corrected chi connectivity index (χ0v) is 18.4. The summed E-state index contributed by atoms with van der Waals surface area (Å²) in [5.41, 5.74) is 1.69. The molecule has 0 radical (unpaired) electrons. The van der Waals surface area contributed by atoms with Crippen LogP contribution >= 0.6 is 0 Å². The topological polar surface area (TPSA) is 70.0 Å². The minimum Gasteiger partial charge on any atom is -0.493 e. The molecular formula is C25H28F3NO4. The average Bonchev–Trinajstić information content (AvgIpc) is 3.56. The molecule has 4 rings (SSSR count). The van der Waals surface area contributed by atoms with Crippen molar-refractivity contribution >= 4 is 5.97 Å². The zero-order chi connectivity index (χ0) is 23.8. The summed E-state index contributed by atoms with van der Waals surface area (Å²) < 4.78 is 45.6. The van der Waals surface area contributed by atoms with Crippen LogP contribution in [0.5, 0.6) is 5.75 Å². The lowest BCUT2D eigenvalue weighted by Crippen LogP contribution is -2.50. The highest BCUT2D eigenvalue weighted by Crippen LogP contribution is 2.46. The van der Waals surface area contributed by atoms with Gasteiger partial charge >= 0.3 is 12.1 Å². The number of alkyl halides is 3. The molecule has 8 heteroatoms. The van der Waals surface area contributed by atoms with Crippen molar-refractivity contribution in [1.29, 1.82) is 0 Å². The molecular weight excluding hydrogens is 435 g/mol. The van der Waals surface area contributed by atoms with Crippen LogP contribution < -0.4 is 4.74 Å². The third-order valence-electron chi connectivity index (χ3n) is 6.51. The first-order valence-corrected chi connectivity index (χ1v) is 11.2. The molecule has 0 amide bonds. The van der Waals surface area contributed by atoms with Crippen LogP contribution in [0, 0.1) is 5.92 Å². The maximum Gasteiger partial charge on any atom is 0.416 e. The van der Waals surface area contributed by atoms with Crippen LogP contribution in [0.4, 0.5) is 13.2 Å². The molecule has 0 bridgehead atoms. The van der Waals surface area contributed by atoms with Gasteiger partial charge in [0.1, 0.15) is 5.75 Å². The van der Waals surface area contributed by atoms with Crippen LogP contribution in [0.3, 0.4) is 0 Å². The molecule has 2 atom stereocenters. The van der Waals surface area contributed by atoms with E-state index in [9.17, 15) is 23.1 Å². The second-order valence-electron chi connectivity index (χ2n) is 9.11. The summed E-state index contributed by atoms with van der Waals surface area (Å²) in [6.07, 6.45) is -3.77. The first-order valence-electron chi connectivity index (χ1n) is 11.2. The largest absolute Gasteiger partial charge is 0.493 e. The number of benzene rings is 2. The molecule has 1 saturated carbocycles. The molecule has 1 saturated heterocycles. The number of halogens is 3. The number of carboxylic acids is 1. The van der Waals surface area contributed by atoms with Gasteiger partial charge in [0.25, 0.3) is 0 Å². The summed E-state index contributed by atoms with van der Waals surface area (Å²) in [4.78, 5) is 13.0. The Kier molecular flexibility index (Phi) is 6.68. The van der Waals surface area contributed by atoms with E-state index in [-0.39, 0.29) is 18.4 Å². The number of ether oxygens (including phenoxy) is 1. The van der Waals surface area contributed by atoms with Crippen molar-refractivity contribution in [2.75, 3.05) is 19.7 Å². The van der Waals surface area contributed by atoms with Crippen LogP contribution in [-0.4, -0.2) is 40.8 Å². The van der Waals surface area contributed by atoms with Crippen LogP contribution in [0.15, 0.2) is 42.5 Å². The second kappa shape index (κ2) is 9.35. The van der Waals surface area contributed by atoms with Crippen molar-refractivity contribution < 1.29 is 32.9 Å². The Morgan fingerprint density at radius 2 is 1.91 bits per heavy atom. The van der Waals surface area contributed by atoms with Gasteiger partial charge in [0.2, 0.25) is 0 Å². The molecule has 1 aliphatic heterocycles. The Bertz CT molecular complexity index is 999. The molecule has 1 unspecified atom stereocenters. The number of aliphatic carboxylic acids is 1. The lowest BCUT2D eigenvalue weighted by Gasteiger charge is -2.43. The normalized spacial score (nSPS) is 19.1. The highest BCUT2D eigenvalue weighted by Gasteiger charge is 2.37. The quantitative estimate of drug-likeness (QED) is 0.538. The van der Waals surface area contributed by atoms with Crippen molar-refractivity contribution in [3.63, 3.8) is 0 Å². The Hall–Kier alpha value is -2.58. The minimum atomic E-state index is -4.35. The second-order valence-corrected chi connectivity index (χ2v) is 9.11. The number of carbonyl (C=O) groups is 1. The third-order valence-corrected chi connectivity index (χ3v) is 6.51. The number of nitrogens with zero attached hydrogens (tertiary/aromatic N) is 1. The Morgan fingerprint density at radius 1 is 1.18 bits per heavy atom. The van der Waals surface area contributed by atoms with Gasteiger partial charge in [-0.15, -0.1) is 0 Å². The molecule has 2 aromatic carbocycles. The predicted octanol–water partition coefficient (Wildman–Crippen LogP) is 5.16. The molecule has 5 nitrogen and oxygen atoms in total. The van der Waals surface area contributed by atoms with Gasteiger partial charge < -0.3 is 14.9 Å². The first kappa shape index (κ1) is 23.6. The molecule has 0 spiro atoms. The molecule has 0 aromatic heterocycles. The fourth-order valence-electron chi connectivity index (χ4n) is 4.42. The molecule has 2 fully saturated rings. The number of rotatable bonds is 9. The smallest absolute Gasteiger partial charge is 0.416 e. The fourth-order valence-corrected chi connectivity index (χ4v) is 4.42. The van der Waals surface area contributed by atoms with Crippen molar-refractivity contribution in [3.8, 4) is 5.75 Å². The van der Waals surface area contributed by atoms with Crippen LogP contribution in [0.2, 0.25) is 0 Å².